The van der Waals surface area contributed by atoms with Gasteiger partial charge in [-0.2, -0.15) is 0 Å². The van der Waals surface area contributed by atoms with E-state index < -0.39 is 21.4 Å². The summed E-state index contributed by atoms with van der Waals surface area (Å²) in [5.74, 6) is 0. The summed E-state index contributed by atoms with van der Waals surface area (Å²) in [6, 6.07) is 0. The molecular formula is H20CrN5O8P. The summed E-state index contributed by atoms with van der Waals surface area (Å²) >= 11 is -5.25. The van der Waals surface area contributed by atoms with Crippen molar-refractivity contribution in [3.8, 4) is 0 Å². The Bertz CT molecular complexity index is 201. The zero-order valence-corrected chi connectivity index (χ0v) is 10.0. The molecule has 0 rings (SSSR count). The van der Waals surface area contributed by atoms with E-state index in [0.717, 1.165) is 0 Å². The van der Waals surface area contributed by atoms with E-state index in [0.29, 0.717) is 0 Å². The van der Waals surface area contributed by atoms with E-state index in [2.05, 4.69) is 0 Å². The van der Waals surface area contributed by atoms with Gasteiger partial charge in [0, 0.05) is 0 Å². The van der Waals surface area contributed by atoms with Gasteiger partial charge in [-0.05, 0) is 0 Å². The molecule has 0 fully saturated rings. The summed E-state index contributed by atoms with van der Waals surface area (Å²) in [4.78, 5) is 21.6. The van der Waals surface area contributed by atoms with Crippen LogP contribution in [-0.2, 0) is 25.8 Å². The van der Waals surface area contributed by atoms with Crippen molar-refractivity contribution in [2.75, 3.05) is 0 Å². The quantitative estimate of drug-likeness (QED) is 0.228. The monoisotopic (exact) mass is 301 g/mol. The van der Waals surface area contributed by atoms with Gasteiger partial charge in [0.2, 0.25) is 0 Å². The molecule has 104 valence electrons. The Balaban J connectivity index is -0.0000000128. The second-order valence-electron chi connectivity index (χ2n) is 0.961. The molecule has 0 amide bonds. The van der Waals surface area contributed by atoms with Gasteiger partial charge in [-0.3, -0.25) is 0 Å². The molecule has 0 aliphatic heterocycles. The third-order valence-electron chi connectivity index (χ3n) is 0. The maximum atomic E-state index is 8.88. The summed E-state index contributed by atoms with van der Waals surface area (Å²) in [5, 5.41) is 0. The first-order chi connectivity index (χ1) is 4.00. The van der Waals surface area contributed by atoms with Gasteiger partial charge in [0.15, 0.2) is 0 Å². The number of hydrogen-bond acceptors (Lipinski definition) is 8. The van der Waals surface area contributed by atoms with Gasteiger partial charge in [-0.25, -0.2) is 4.57 Å². The first kappa shape index (κ1) is 46.0. The zero-order valence-electron chi connectivity index (χ0n) is 7.85. The molecule has 15 heavy (non-hydrogen) atoms. The third-order valence-corrected chi connectivity index (χ3v) is 0. The predicted molar refractivity (Wildman–Crippen MR) is 45.2 cm³/mol. The SMILES string of the molecule is N.N.N.N.N.O=P(O)(O)O.[O]=[Cr](=[O])([OH])[OH]. The topological polar surface area (TPSA) is 327 Å². The molecule has 0 atom stereocenters. The van der Waals surface area contributed by atoms with Crippen molar-refractivity contribution in [1.82, 2.24) is 30.8 Å². The molecule has 0 saturated carbocycles. The van der Waals surface area contributed by atoms with Gasteiger partial charge in [0.05, 0.1) is 0 Å². The van der Waals surface area contributed by atoms with Crippen LogP contribution in [0.1, 0.15) is 0 Å². The van der Waals surface area contributed by atoms with Crippen LogP contribution in [0.3, 0.4) is 0 Å². The standard InChI is InChI=1S/Cr.5H3N.H3O4P.2H2O.2O/c;;;;;;1-5(2,3)4;;;;/h;5*1H3;(H3,1,2,3,4);2*1H2;;/q+2;;;;;;;;;;/p-2. The molecule has 0 aliphatic carbocycles. The number of hydrogen-bond donors (Lipinski definition) is 10. The molecule has 15 heteroatoms. The van der Waals surface area contributed by atoms with Crippen LogP contribution >= 0.6 is 7.82 Å². The Kier molecular flexibility index (Phi) is 50.3. The van der Waals surface area contributed by atoms with E-state index in [1.165, 1.54) is 0 Å². The van der Waals surface area contributed by atoms with Crippen LogP contribution in [0.5, 0.6) is 0 Å². The summed E-state index contributed by atoms with van der Waals surface area (Å²) in [6.07, 6.45) is 0. The van der Waals surface area contributed by atoms with Crippen molar-refractivity contribution in [1.29, 1.82) is 0 Å². The third kappa shape index (κ3) is 1420000. The van der Waals surface area contributed by atoms with Crippen LogP contribution in [-0.4, -0.2) is 23.0 Å². The average molecular weight is 301 g/mol. The molecular weight excluding hydrogens is 281 g/mol. The van der Waals surface area contributed by atoms with Crippen molar-refractivity contribution in [2.24, 2.45) is 0 Å². The Labute approximate surface area is 88.1 Å². The van der Waals surface area contributed by atoms with Crippen molar-refractivity contribution in [2.45, 2.75) is 0 Å². The van der Waals surface area contributed by atoms with Gasteiger partial charge < -0.3 is 45.4 Å². The van der Waals surface area contributed by atoms with E-state index >= 15 is 0 Å². The maximum absolute atomic E-state index is 8.88. The van der Waals surface area contributed by atoms with E-state index in [9.17, 15) is 0 Å². The molecule has 0 aromatic rings. The second kappa shape index (κ2) is 16.4. The fourth-order valence-electron chi connectivity index (χ4n) is 0. The van der Waals surface area contributed by atoms with Crippen molar-refractivity contribution >= 4 is 7.82 Å². The average Bonchev–Trinajstić information content (AvgIpc) is 1.12. The molecule has 0 aromatic heterocycles. The summed E-state index contributed by atoms with van der Waals surface area (Å²) in [6.45, 7) is 0. The van der Waals surface area contributed by atoms with Gasteiger partial charge in [0.25, 0.3) is 0 Å². The number of phosphoric acid groups is 1. The Morgan fingerprint density at radius 1 is 0.733 bits per heavy atom. The van der Waals surface area contributed by atoms with Gasteiger partial charge >= 0.3 is 37.4 Å². The van der Waals surface area contributed by atoms with Crippen LogP contribution in [0.25, 0.3) is 0 Å². The van der Waals surface area contributed by atoms with Gasteiger partial charge in [-0.1, -0.05) is 0 Å². The van der Waals surface area contributed by atoms with E-state index in [-0.39, 0.29) is 30.8 Å². The van der Waals surface area contributed by atoms with Gasteiger partial charge in [0.1, 0.15) is 0 Å². The summed E-state index contributed by atoms with van der Waals surface area (Å²) in [5.41, 5.74) is 0. The van der Waals surface area contributed by atoms with Crippen LogP contribution < -0.4 is 30.8 Å². The molecule has 0 saturated heterocycles. The first-order valence-corrected chi connectivity index (χ1v) is 5.23. The Morgan fingerprint density at radius 3 is 0.733 bits per heavy atom. The molecule has 0 radical (unpaired) electrons. The molecule has 13 nitrogen and oxygen atoms in total. The zero-order chi connectivity index (χ0) is 9.00. The Morgan fingerprint density at radius 2 is 0.733 bits per heavy atom. The van der Waals surface area contributed by atoms with E-state index in [4.69, 9.17) is 35.2 Å². The molecule has 0 aliphatic rings. The fourth-order valence-corrected chi connectivity index (χ4v) is 0. The molecule has 0 heterocycles. The normalized spacial score (nSPS) is 7.80. The van der Waals surface area contributed by atoms with Crippen molar-refractivity contribution < 1.29 is 48.8 Å². The minimum atomic E-state index is -5.25. The minimum absolute atomic E-state index is 0. The summed E-state index contributed by atoms with van der Waals surface area (Å²) in [7, 11) is -4.64. The van der Waals surface area contributed by atoms with Crippen LogP contribution in [0.4, 0.5) is 0 Å². The van der Waals surface area contributed by atoms with E-state index in [1.807, 2.05) is 0 Å². The van der Waals surface area contributed by atoms with E-state index in [1.54, 1.807) is 0 Å². The first-order valence-electron chi connectivity index (χ1n) is 1.48. The van der Waals surface area contributed by atoms with Crippen LogP contribution in [0.2, 0.25) is 0 Å². The van der Waals surface area contributed by atoms with Gasteiger partial charge in [-0.15, -0.1) is 0 Å². The molecule has 0 aromatic carbocycles. The van der Waals surface area contributed by atoms with Crippen molar-refractivity contribution in [3.63, 3.8) is 0 Å². The predicted octanol–water partition coefficient (Wildman–Crippen LogP) is -1.47. The molecule has 20 N–H and O–H groups in total. The fraction of sp³-hybridized carbons (Fsp3) is 0. The van der Waals surface area contributed by atoms with Crippen LogP contribution in [0.15, 0.2) is 0 Å². The molecule has 0 unspecified atom stereocenters. The second-order valence-corrected chi connectivity index (χ2v) is 3.39. The number of rotatable bonds is 0. The molecule has 0 bridgehead atoms. The molecule has 0 spiro atoms. The Hall–Kier alpha value is -0.0375. The van der Waals surface area contributed by atoms with Crippen LogP contribution in [0, 0.1) is 0 Å². The van der Waals surface area contributed by atoms with Crippen molar-refractivity contribution in [3.05, 3.63) is 0 Å². The summed E-state index contributed by atoms with van der Waals surface area (Å²) < 4.78 is 40.8.